The van der Waals surface area contributed by atoms with Gasteiger partial charge in [0.2, 0.25) is 17.6 Å². The third-order valence-corrected chi connectivity index (χ3v) is 5.39. The fourth-order valence-corrected chi connectivity index (χ4v) is 3.67. The van der Waals surface area contributed by atoms with Crippen LogP contribution in [0.15, 0.2) is 59.1 Å². The highest BCUT2D eigenvalue weighted by molar-refractivity contribution is 6.21. The molecule has 0 saturated carbocycles. The lowest BCUT2D eigenvalue weighted by molar-refractivity contribution is -0.122. The molecule has 2 heterocycles. The Labute approximate surface area is 185 Å². The van der Waals surface area contributed by atoms with Gasteiger partial charge in [-0.25, -0.2) is 0 Å². The van der Waals surface area contributed by atoms with Crippen molar-refractivity contribution in [2.24, 2.45) is 0 Å². The Hall–Kier alpha value is -3.81. The van der Waals surface area contributed by atoms with Gasteiger partial charge in [-0.1, -0.05) is 54.0 Å². The quantitative estimate of drug-likeness (QED) is 0.408. The number of benzene rings is 2. The summed E-state index contributed by atoms with van der Waals surface area (Å²) in [6.07, 6.45) is 2.37. The van der Waals surface area contributed by atoms with Gasteiger partial charge in [0.15, 0.2) is 0 Å². The molecule has 32 heavy (non-hydrogen) atoms. The molecular weight excluding hydrogens is 408 g/mol. The van der Waals surface area contributed by atoms with Gasteiger partial charge in [0, 0.05) is 18.5 Å². The Kier molecular flexibility index (Phi) is 6.39. The molecule has 2 aromatic carbocycles. The van der Waals surface area contributed by atoms with E-state index in [1.807, 2.05) is 30.3 Å². The van der Waals surface area contributed by atoms with E-state index in [2.05, 4.69) is 15.5 Å². The minimum absolute atomic E-state index is 0.113. The van der Waals surface area contributed by atoms with Crippen molar-refractivity contribution < 1.29 is 18.9 Å². The molecule has 164 valence electrons. The van der Waals surface area contributed by atoms with E-state index in [1.165, 1.54) is 4.90 Å². The molecule has 0 fully saturated rings. The van der Waals surface area contributed by atoms with Crippen LogP contribution in [0.2, 0.25) is 0 Å². The summed E-state index contributed by atoms with van der Waals surface area (Å²) >= 11 is 0. The van der Waals surface area contributed by atoms with Gasteiger partial charge < -0.3 is 9.84 Å². The Bertz CT molecular complexity index is 1090. The second kappa shape index (κ2) is 9.55. The molecule has 3 amide bonds. The molecule has 0 aliphatic carbocycles. The van der Waals surface area contributed by atoms with E-state index in [-0.39, 0.29) is 17.7 Å². The Morgan fingerprint density at radius 3 is 2.31 bits per heavy atom. The molecule has 1 aliphatic rings. The standard InChI is InChI=1S/C24H24N4O4/c1-16(22-26-21(27-32-22)17-10-4-2-5-11-17)25-20(29)14-6-3-9-15-28-23(30)18-12-7-8-13-19(18)24(28)31/h2,4-5,7-8,10-13,16H,3,6,9,14-15H2,1H3,(H,25,29). The van der Waals surface area contributed by atoms with Crippen LogP contribution in [0.4, 0.5) is 0 Å². The first-order valence-electron chi connectivity index (χ1n) is 10.7. The van der Waals surface area contributed by atoms with Gasteiger partial charge in [-0.15, -0.1) is 0 Å². The number of carbonyl (C=O) groups is 3. The highest BCUT2D eigenvalue weighted by Crippen LogP contribution is 2.23. The van der Waals surface area contributed by atoms with Crippen molar-refractivity contribution >= 4 is 17.7 Å². The number of hydrogen-bond acceptors (Lipinski definition) is 6. The summed E-state index contributed by atoms with van der Waals surface area (Å²) in [6.45, 7) is 2.15. The monoisotopic (exact) mass is 432 g/mol. The van der Waals surface area contributed by atoms with Crippen molar-refractivity contribution in [2.45, 2.75) is 38.6 Å². The van der Waals surface area contributed by atoms with E-state index < -0.39 is 6.04 Å². The number of unbranched alkanes of at least 4 members (excludes halogenated alkanes) is 2. The normalized spacial score (nSPS) is 13.8. The third-order valence-electron chi connectivity index (χ3n) is 5.39. The second-order valence-electron chi connectivity index (χ2n) is 7.73. The first kappa shape index (κ1) is 21.4. The predicted molar refractivity (Wildman–Crippen MR) is 117 cm³/mol. The fraction of sp³-hybridized carbons (Fsp3) is 0.292. The van der Waals surface area contributed by atoms with Crippen LogP contribution in [-0.2, 0) is 4.79 Å². The molecule has 4 rings (SSSR count). The maximum Gasteiger partial charge on any atom is 0.261 e. The van der Waals surface area contributed by atoms with Crippen molar-refractivity contribution in [3.8, 4) is 11.4 Å². The number of nitrogens with one attached hydrogen (secondary N) is 1. The number of rotatable bonds is 9. The summed E-state index contributed by atoms with van der Waals surface area (Å²) < 4.78 is 5.28. The molecule has 1 unspecified atom stereocenters. The fourth-order valence-electron chi connectivity index (χ4n) is 3.67. The topological polar surface area (TPSA) is 105 Å². The summed E-state index contributed by atoms with van der Waals surface area (Å²) in [4.78, 5) is 42.6. The van der Waals surface area contributed by atoms with Crippen molar-refractivity contribution in [1.82, 2.24) is 20.4 Å². The zero-order valence-electron chi connectivity index (χ0n) is 17.8. The maximum atomic E-state index is 12.3. The summed E-state index contributed by atoms with van der Waals surface area (Å²) in [5.41, 5.74) is 1.77. The smallest absolute Gasteiger partial charge is 0.261 e. The largest absolute Gasteiger partial charge is 0.345 e. The van der Waals surface area contributed by atoms with Crippen molar-refractivity contribution in [2.75, 3.05) is 6.54 Å². The van der Waals surface area contributed by atoms with E-state index in [1.54, 1.807) is 31.2 Å². The van der Waals surface area contributed by atoms with Gasteiger partial charge in [-0.2, -0.15) is 4.98 Å². The van der Waals surface area contributed by atoms with Crippen LogP contribution >= 0.6 is 0 Å². The molecule has 1 N–H and O–H groups in total. The summed E-state index contributed by atoms with van der Waals surface area (Å²) in [7, 11) is 0. The maximum absolute atomic E-state index is 12.3. The van der Waals surface area contributed by atoms with Crippen molar-refractivity contribution in [3.05, 3.63) is 71.6 Å². The Morgan fingerprint density at radius 1 is 0.969 bits per heavy atom. The number of carbonyl (C=O) groups excluding carboxylic acids is 3. The summed E-state index contributed by atoms with van der Waals surface area (Å²) in [5.74, 6) is 0.230. The molecule has 3 aromatic rings. The number of aromatic nitrogens is 2. The summed E-state index contributed by atoms with van der Waals surface area (Å²) in [6, 6.07) is 15.9. The molecule has 0 saturated heterocycles. The zero-order chi connectivity index (χ0) is 22.5. The van der Waals surface area contributed by atoms with Gasteiger partial charge in [0.1, 0.15) is 6.04 Å². The van der Waals surface area contributed by atoms with Crippen LogP contribution in [0, 0.1) is 0 Å². The van der Waals surface area contributed by atoms with E-state index >= 15 is 0 Å². The highest BCUT2D eigenvalue weighted by atomic mass is 16.5. The van der Waals surface area contributed by atoms with Gasteiger partial charge in [-0.3, -0.25) is 19.3 Å². The minimum Gasteiger partial charge on any atom is -0.345 e. The van der Waals surface area contributed by atoms with Gasteiger partial charge >= 0.3 is 0 Å². The van der Waals surface area contributed by atoms with Crippen LogP contribution in [0.5, 0.6) is 0 Å². The van der Waals surface area contributed by atoms with Crippen LogP contribution in [0.1, 0.15) is 65.3 Å². The van der Waals surface area contributed by atoms with Gasteiger partial charge in [0.25, 0.3) is 11.8 Å². The van der Waals surface area contributed by atoms with Crippen molar-refractivity contribution in [1.29, 1.82) is 0 Å². The molecule has 8 nitrogen and oxygen atoms in total. The summed E-state index contributed by atoms with van der Waals surface area (Å²) in [5, 5.41) is 6.83. The van der Waals surface area contributed by atoms with Crippen molar-refractivity contribution in [3.63, 3.8) is 0 Å². The number of fused-ring (bicyclic) bond motifs is 1. The highest BCUT2D eigenvalue weighted by Gasteiger charge is 2.34. The molecule has 0 spiro atoms. The molecule has 8 heteroatoms. The molecular formula is C24H24N4O4. The van der Waals surface area contributed by atoms with E-state index in [4.69, 9.17) is 4.52 Å². The first-order chi connectivity index (χ1) is 15.5. The third kappa shape index (κ3) is 4.59. The molecule has 1 aliphatic heterocycles. The lowest BCUT2D eigenvalue weighted by Gasteiger charge is -2.13. The SMILES string of the molecule is CC(NC(=O)CCCCCN1C(=O)c2ccccc2C1=O)c1nc(-c2ccccc2)no1. The number of imide groups is 1. The van der Waals surface area contributed by atoms with E-state index in [9.17, 15) is 14.4 Å². The Morgan fingerprint density at radius 2 is 1.62 bits per heavy atom. The molecule has 0 bridgehead atoms. The average molecular weight is 432 g/mol. The molecule has 1 aromatic heterocycles. The predicted octanol–water partition coefficient (Wildman–Crippen LogP) is 3.77. The average Bonchev–Trinajstić information content (AvgIpc) is 3.39. The van der Waals surface area contributed by atoms with Crippen LogP contribution in [-0.4, -0.2) is 39.3 Å². The number of hydrogen-bond donors (Lipinski definition) is 1. The van der Waals surface area contributed by atoms with Gasteiger partial charge in [0.05, 0.1) is 11.1 Å². The minimum atomic E-state index is -0.397. The first-order valence-corrected chi connectivity index (χ1v) is 10.7. The number of nitrogens with zero attached hydrogens (tertiary/aromatic N) is 3. The lowest BCUT2D eigenvalue weighted by Crippen LogP contribution is -2.30. The molecule has 1 atom stereocenters. The van der Waals surface area contributed by atoms with E-state index in [0.717, 1.165) is 12.0 Å². The number of amides is 3. The van der Waals surface area contributed by atoms with Gasteiger partial charge in [-0.05, 0) is 31.9 Å². The van der Waals surface area contributed by atoms with Crippen LogP contribution in [0.3, 0.4) is 0 Å². The second-order valence-corrected chi connectivity index (χ2v) is 7.73. The lowest BCUT2D eigenvalue weighted by atomic mass is 10.1. The Balaban J connectivity index is 1.18. The van der Waals surface area contributed by atoms with Crippen LogP contribution in [0.25, 0.3) is 11.4 Å². The van der Waals surface area contributed by atoms with Crippen LogP contribution < -0.4 is 5.32 Å². The molecule has 0 radical (unpaired) electrons. The van der Waals surface area contributed by atoms with E-state index in [0.29, 0.717) is 48.6 Å². The zero-order valence-corrected chi connectivity index (χ0v) is 17.8.